The number of likely N-dealkylation sites (tertiary alicyclic amines) is 1. The molecule has 98 valence electrons. The molecule has 5 heteroatoms. The van der Waals surface area contributed by atoms with Crippen LogP contribution in [0.3, 0.4) is 0 Å². The van der Waals surface area contributed by atoms with Crippen molar-refractivity contribution in [1.29, 1.82) is 0 Å². The fourth-order valence-electron chi connectivity index (χ4n) is 2.31. The Morgan fingerprint density at radius 2 is 2.33 bits per heavy atom. The van der Waals surface area contributed by atoms with E-state index < -0.39 is 5.82 Å². The maximum atomic E-state index is 13.1. The van der Waals surface area contributed by atoms with Gasteiger partial charge in [-0.2, -0.15) is 0 Å². The number of pyridine rings is 1. The Balaban J connectivity index is 2.15. The zero-order chi connectivity index (χ0) is 13.3. The van der Waals surface area contributed by atoms with E-state index in [0.29, 0.717) is 24.9 Å². The molecule has 1 saturated heterocycles. The number of nitrogen functional groups attached to an aromatic ring is 1. The highest BCUT2D eigenvalue weighted by Gasteiger charge is 2.29. The number of nitrogens with two attached hydrogens (primary N) is 1. The lowest BCUT2D eigenvalue weighted by Gasteiger charge is -2.18. The van der Waals surface area contributed by atoms with Crippen LogP contribution >= 0.6 is 0 Å². The topological polar surface area (TPSA) is 59.2 Å². The van der Waals surface area contributed by atoms with Gasteiger partial charge in [0.05, 0.1) is 11.8 Å². The number of hydrogen-bond donors (Lipinski definition) is 1. The Kier molecular flexibility index (Phi) is 3.50. The number of carbonyl (C=O) groups is 1. The number of halogens is 1. The summed E-state index contributed by atoms with van der Waals surface area (Å²) in [7, 11) is 0. The molecule has 0 aromatic carbocycles. The normalized spacial score (nSPS) is 19.6. The Labute approximate surface area is 106 Å². The van der Waals surface area contributed by atoms with Crippen molar-refractivity contribution in [3.63, 3.8) is 0 Å². The van der Waals surface area contributed by atoms with E-state index in [9.17, 15) is 9.18 Å². The number of carbonyl (C=O) groups excluding carboxylic acids is 1. The molecule has 1 atom stereocenters. The summed E-state index contributed by atoms with van der Waals surface area (Å²) in [5, 5.41) is 0. The summed E-state index contributed by atoms with van der Waals surface area (Å²) >= 11 is 0. The quantitative estimate of drug-likeness (QED) is 0.873. The predicted octanol–water partition coefficient (Wildman–Crippen LogP) is 1.92. The average Bonchev–Trinajstić information content (AvgIpc) is 2.81. The van der Waals surface area contributed by atoms with Gasteiger partial charge in [0.2, 0.25) is 0 Å². The molecular weight excluding hydrogens is 233 g/mol. The van der Waals surface area contributed by atoms with Crippen LogP contribution in [0.15, 0.2) is 12.3 Å². The number of anilines is 1. The second kappa shape index (κ2) is 4.92. The molecule has 1 aliphatic rings. The smallest absolute Gasteiger partial charge is 0.257 e. The van der Waals surface area contributed by atoms with Crippen LogP contribution in [0.5, 0.6) is 0 Å². The first-order chi connectivity index (χ1) is 8.49. The van der Waals surface area contributed by atoms with Crippen LogP contribution in [0.25, 0.3) is 0 Å². The fourth-order valence-corrected chi connectivity index (χ4v) is 2.31. The minimum absolute atomic E-state index is 0.0920. The molecule has 1 aromatic heterocycles. The van der Waals surface area contributed by atoms with E-state index in [1.807, 2.05) is 0 Å². The van der Waals surface area contributed by atoms with Crippen molar-refractivity contribution >= 4 is 11.7 Å². The van der Waals surface area contributed by atoms with Gasteiger partial charge < -0.3 is 10.6 Å². The van der Waals surface area contributed by atoms with E-state index in [0.717, 1.165) is 18.7 Å². The van der Waals surface area contributed by atoms with Crippen LogP contribution < -0.4 is 5.73 Å². The van der Waals surface area contributed by atoms with Crippen LogP contribution in [0.2, 0.25) is 0 Å². The van der Waals surface area contributed by atoms with Gasteiger partial charge in [-0.3, -0.25) is 4.79 Å². The Morgan fingerprint density at radius 3 is 2.94 bits per heavy atom. The molecule has 4 nitrogen and oxygen atoms in total. The molecule has 0 spiro atoms. The third-order valence-electron chi connectivity index (χ3n) is 3.57. The van der Waals surface area contributed by atoms with Gasteiger partial charge in [0.25, 0.3) is 5.91 Å². The predicted molar refractivity (Wildman–Crippen MR) is 67.5 cm³/mol. The van der Waals surface area contributed by atoms with Crippen molar-refractivity contribution in [1.82, 2.24) is 9.88 Å². The van der Waals surface area contributed by atoms with Crippen LogP contribution in [-0.4, -0.2) is 28.9 Å². The Bertz CT molecular complexity index is 462. The molecule has 2 rings (SSSR count). The van der Waals surface area contributed by atoms with E-state index in [1.54, 1.807) is 4.90 Å². The zero-order valence-corrected chi connectivity index (χ0v) is 10.7. The minimum Gasteiger partial charge on any atom is -0.383 e. The lowest BCUT2D eigenvalue weighted by molar-refractivity contribution is 0.0784. The molecule has 18 heavy (non-hydrogen) atoms. The molecule has 2 heterocycles. The number of aromatic nitrogens is 1. The van der Waals surface area contributed by atoms with E-state index in [1.165, 1.54) is 0 Å². The van der Waals surface area contributed by atoms with Crippen molar-refractivity contribution in [3.05, 3.63) is 23.6 Å². The van der Waals surface area contributed by atoms with Crippen molar-refractivity contribution in [3.8, 4) is 0 Å². The Hall–Kier alpha value is -1.65. The van der Waals surface area contributed by atoms with Crippen LogP contribution in [0, 0.1) is 17.7 Å². The van der Waals surface area contributed by atoms with Gasteiger partial charge in [0.15, 0.2) is 0 Å². The van der Waals surface area contributed by atoms with E-state index in [2.05, 4.69) is 18.8 Å². The van der Waals surface area contributed by atoms with Crippen LogP contribution in [-0.2, 0) is 0 Å². The zero-order valence-electron chi connectivity index (χ0n) is 10.7. The first-order valence-electron chi connectivity index (χ1n) is 6.19. The molecule has 0 radical (unpaired) electrons. The highest BCUT2D eigenvalue weighted by atomic mass is 19.1. The monoisotopic (exact) mass is 251 g/mol. The van der Waals surface area contributed by atoms with Crippen LogP contribution in [0.4, 0.5) is 10.2 Å². The number of hydrogen-bond acceptors (Lipinski definition) is 3. The number of nitrogens with zero attached hydrogens (tertiary/aromatic N) is 2. The molecular formula is C13H18FN3O. The standard InChI is InChI=1S/C13H18FN3O/c1-8(2)9-3-4-17(7-9)13(18)11-5-10(14)6-16-12(11)15/h5-6,8-9H,3-4,7H2,1-2H3,(H2,15,16). The first-order valence-corrected chi connectivity index (χ1v) is 6.19. The highest BCUT2D eigenvalue weighted by molar-refractivity contribution is 5.98. The molecule has 0 saturated carbocycles. The maximum Gasteiger partial charge on any atom is 0.257 e. The van der Waals surface area contributed by atoms with Gasteiger partial charge in [0, 0.05) is 13.1 Å². The summed E-state index contributed by atoms with van der Waals surface area (Å²) in [6.07, 6.45) is 2.01. The molecule has 1 aromatic rings. The summed E-state index contributed by atoms with van der Waals surface area (Å²) < 4.78 is 13.1. The third kappa shape index (κ3) is 2.44. The second-order valence-corrected chi connectivity index (χ2v) is 5.13. The number of amides is 1. The van der Waals surface area contributed by atoms with E-state index in [4.69, 9.17) is 5.73 Å². The van der Waals surface area contributed by atoms with Gasteiger partial charge in [0.1, 0.15) is 11.6 Å². The SMILES string of the molecule is CC(C)C1CCN(C(=O)c2cc(F)cnc2N)C1. The maximum absolute atomic E-state index is 13.1. The summed E-state index contributed by atoms with van der Waals surface area (Å²) in [5.41, 5.74) is 5.79. The molecule has 2 N–H and O–H groups in total. The largest absolute Gasteiger partial charge is 0.383 e. The first kappa shape index (κ1) is 12.8. The van der Waals surface area contributed by atoms with Crippen molar-refractivity contribution in [2.45, 2.75) is 20.3 Å². The van der Waals surface area contributed by atoms with E-state index >= 15 is 0 Å². The number of rotatable bonds is 2. The van der Waals surface area contributed by atoms with Crippen LogP contribution in [0.1, 0.15) is 30.6 Å². The average molecular weight is 251 g/mol. The fraction of sp³-hybridized carbons (Fsp3) is 0.538. The van der Waals surface area contributed by atoms with Crippen molar-refractivity contribution < 1.29 is 9.18 Å². The summed E-state index contributed by atoms with van der Waals surface area (Å²) in [4.78, 5) is 17.6. The van der Waals surface area contributed by atoms with Gasteiger partial charge in [-0.25, -0.2) is 9.37 Å². The summed E-state index contributed by atoms with van der Waals surface area (Å²) in [6.45, 7) is 5.72. The lowest BCUT2D eigenvalue weighted by atomic mass is 9.95. The molecule has 0 bridgehead atoms. The minimum atomic E-state index is -0.535. The van der Waals surface area contributed by atoms with Crippen molar-refractivity contribution in [2.24, 2.45) is 11.8 Å². The Morgan fingerprint density at radius 1 is 1.61 bits per heavy atom. The lowest BCUT2D eigenvalue weighted by Crippen LogP contribution is -2.30. The molecule has 1 amide bonds. The third-order valence-corrected chi connectivity index (χ3v) is 3.57. The molecule has 1 unspecified atom stereocenters. The van der Waals surface area contributed by atoms with Gasteiger partial charge in [-0.15, -0.1) is 0 Å². The van der Waals surface area contributed by atoms with Gasteiger partial charge >= 0.3 is 0 Å². The van der Waals surface area contributed by atoms with Gasteiger partial charge in [-0.1, -0.05) is 13.8 Å². The molecule has 0 aliphatic carbocycles. The summed E-state index contributed by atoms with van der Waals surface area (Å²) in [6, 6.07) is 1.16. The molecule has 1 aliphatic heterocycles. The second-order valence-electron chi connectivity index (χ2n) is 5.13. The van der Waals surface area contributed by atoms with Gasteiger partial charge in [-0.05, 0) is 24.3 Å². The molecule has 1 fully saturated rings. The highest BCUT2D eigenvalue weighted by Crippen LogP contribution is 2.25. The van der Waals surface area contributed by atoms with E-state index in [-0.39, 0.29) is 17.3 Å². The summed E-state index contributed by atoms with van der Waals surface area (Å²) in [5.74, 6) is 0.395. The van der Waals surface area contributed by atoms with Crippen molar-refractivity contribution in [2.75, 3.05) is 18.8 Å².